The van der Waals surface area contributed by atoms with Gasteiger partial charge in [-0.05, 0) is 55.0 Å². The lowest BCUT2D eigenvalue weighted by Gasteiger charge is -2.14. The van der Waals surface area contributed by atoms with Crippen LogP contribution >= 0.6 is 11.6 Å². The SMILES string of the molecule is Cc1ccc(C(=O)OCC(=O)Nc2ccc(Cl)cc2C(F)(F)F)cc1NC(=O)c1ccco1. The summed E-state index contributed by atoms with van der Waals surface area (Å²) in [5.74, 6) is -2.35. The van der Waals surface area contributed by atoms with Crippen LogP contribution in [-0.2, 0) is 15.7 Å². The zero-order valence-corrected chi connectivity index (χ0v) is 17.7. The summed E-state index contributed by atoms with van der Waals surface area (Å²) in [5, 5.41) is 4.49. The van der Waals surface area contributed by atoms with Crippen molar-refractivity contribution in [3.05, 3.63) is 82.3 Å². The quantitative estimate of drug-likeness (QED) is 0.466. The normalized spacial score (nSPS) is 11.1. The van der Waals surface area contributed by atoms with E-state index in [1.54, 1.807) is 19.1 Å². The van der Waals surface area contributed by atoms with Crippen LogP contribution in [0.25, 0.3) is 0 Å². The molecule has 0 bridgehead atoms. The fourth-order valence-electron chi connectivity index (χ4n) is 2.74. The van der Waals surface area contributed by atoms with Crippen LogP contribution in [0.4, 0.5) is 24.5 Å². The summed E-state index contributed by atoms with van der Waals surface area (Å²) < 4.78 is 49.3. The predicted octanol–water partition coefficient (Wildman–Crippen LogP) is 5.31. The lowest BCUT2D eigenvalue weighted by Crippen LogP contribution is -2.23. The highest BCUT2D eigenvalue weighted by Gasteiger charge is 2.34. The number of amides is 2. The van der Waals surface area contributed by atoms with Gasteiger partial charge in [0.1, 0.15) is 0 Å². The largest absolute Gasteiger partial charge is 0.459 e. The number of hydrogen-bond donors (Lipinski definition) is 2. The number of carbonyl (C=O) groups is 3. The van der Waals surface area contributed by atoms with Gasteiger partial charge in [0.05, 0.1) is 23.1 Å². The van der Waals surface area contributed by atoms with Crippen LogP contribution in [0.2, 0.25) is 5.02 Å². The van der Waals surface area contributed by atoms with Gasteiger partial charge in [-0.25, -0.2) is 4.79 Å². The van der Waals surface area contributed by atoms with E-state index in [4.69, 9.17) is 20.8 Å². The van der Waals surface area contributed by atoms with E-state index in [1.807, 2.05) is 0 Å². The molecule has 2 aromatic carbocycles. The first-order valence-corrected chi connectivity index (χ1v) is 9.71. The Bertz CT molecular complexity index is 1190. The Kier molecular flexibility index (Phi) is 7.07. The van der Waals surface area contributed by atoms with Crippen molar-refractivity contribution >= 4 is 40.8 Å². The van der Waals surface area contributed by atoms with Gasteiger partial charge in [0.2, 0.25) is 0 Å². The molecule has 0 saturated heterocycles. The number of halogens is 4. The summed E-state index contributed by atoms with van der Waals surface area (Å²) in [5.41, 5.74) is -0.681. The fraction of sp³-hybridized carbons (Fsp3) is 0.136. The van der Waals surface area contributed by atoms with E-state index in [1.165, 1.54) is 30.5 Å². The molecule has 0 fully saturated rings. The second kappa shape index (κ2) is 9.78. The lowest BCUT2D eigenvalue weighted by atomic mass is 10.1. The molecule has 1 aromatic heterocycles. The maximum Gasteiger partial charge on any atom is 0.418 e. The van der Waals surface area contributed by atoms with Crippen molar-refractivity contribution < 1.29 is 36.7 Å². The van der Waals surface area contributed by atoms with Gasteiger partial charge in [0, 0.05) is 10.7 Å². The molecule has 33 heavy (non-hydrogen) atoms. The van der Waals surface area contributed by atoms with Crippen molar-refractivity contribution in [1.82, 2.24) is 0 Å². The molecule has 1 heterocycles. The first kappa shape index (κ1) is 23.9. The minimum absolute atomic E-state index is 0.0191. The second-order valence-corrected chi connectivity index (χ2v) is 7.21. The Labute approximate surface area is 190 Å². The fourth-order valence-corrected chi connectivity index (χ4v) is 2.91. The third-order valence-electron chi connectivity index (χ3n) is 4.36. The molecule has 7 nitrogen and oxygen atoms in total. The molecule has 0 aliphatic rings. The topological polar surface area (TPSA) is 97.6 Å². The Hall–Kier alpha value is -3.79. The molecule has 0 radical (unpaired) electrons. The molecule has 0 spiro atoms. The van der Waals surface area contributed by atoms with Crippen LogP contribution in [0.3, 0.4) is 0 Å². The minimum atomic E-state index is -4.75. The number of alkyl halides is 3. The molecule has 172 valence electrons. The van der Waals surface area contributed by atoms with Gasteiger partial charge >= 0.3 is 12.1 Å². The summed E-state index contributed by atoms with van der Waals surface area (Å²) >= 11 is 5.60. The first-order chi connectivity index (χ1) is 15.5. The van der Waals surface area contributed by atoms with Crippen LogP contribution < -0.4 is 10.6 Å². The highest BCUT2D eigenvalue weighted by atomic mass is 35.5. The molecule has 11 heteroatoms. The van der Waals surface area contributed by atoms with E-state index < -0.39 is 41.8 Å². The van der Waals surface area contributed by atoms with Crippen molar-refractivity contribution in [1.29, 1.82) is 0 Å². The lowest BCUT2D eigenvalue weighted by molar-refractivity contribution is -0.137. The Balaban J connectivity index is 1.64. The monoisotopic (exact) mass is 480 g/mol. The van der Waals surface area contributed by atoms with E-state index in [9.17, 15) is 27.6 Å². The number of hydrogen-bond acceptors (Lipinski definition) is 5. The second-order valence-electron chi connectivity index (χ2n) is 6.77. The molecule has 3 aromatic rings. The van der Waals surface area contributed by atoms with Crippen molar-refractivity contribution in [2.75, 3.05) is 17.2 Å². The van der Waals surface area contributed by atoms with E-state index in [-0.39, 0.29) is 16.3 Å². The number of anilines is 2. The zero-order chi connectivity index (χ0) is 24.2. The number of aryl methyl sites for hydroxylation is 1. The van der Waals surface area contributed by atoms with Crippen molar-refractivity contribution in [3.63, 3.8) is 0 Å². The van der Waals surface area contributed by atoms with E-state index in [0.717, 1.165) is 6.07 Å². The third-order valence-corrected chi connectivity index (χ3v) is 4.60. The number of ether oxygens (including phenoxy) is 1. The number of carbonyl (C=O) groups excluding carboxylic acids is 3. The van der Waals surface area contributed by atoms with E-state index in [2.05, 4.69) is 10.6 Å². The molecule has 0 aliphatic heterocycles. The van der Waals surface area contributed by atoms with Gasteiger partial charge in [0.15, 0.2) is 12.4 Å². The van der Waals surface area contributed by atoms with Crippen molar-refractivity contribution in [2.45, 2.75) is 13.1 Å². The Morgan fingerprint density at radius 3 is 2.45 bits per heavy atom. The van der Waals surface area contributed by atoms with Gasteiger partial charge in [-0.1, -0.05) is 17.7 Å². The third kappa shape index (κ3) is 6.13. The summed E-state index contributed by atoms with van der Waals surface area (Å²) in [6, 6.07) is 10.2. The minimum Gasteiger partial charge on any atom is -0.459 e. The standard InChI is InChI=1S/C22H16ClF3N2O5/c1-12-4-5-13(9-17(12)28-20(30)18-3-2-8-32-18)21(31)33-11-19(29)27-16-7-6-14(23)10-15(16)22(24,25)26/h2-10H,11H2,1H3,(H,27,29)(H,28,30). The molecule has 0 aliphatic carbocycles. The molecular weight excluding hydrogens is 465 g/mol. The van der Waals surface area contributed by atoms with Gasteiger partial charge < -0.3 is 19.8 Å². The van der Waals surface area contributed by atoms with Crippen molar-refractivity contribution in [3.8, 4) is 0 Å². The summed E-state index contributed by atoms with van der Waals surface area (Å²) in [6.07, 6.45) is -3.41. The number of nitrogens with one attached hydrogen (secondary N) is 2. The van der Waals surface area contributed by atoms with Gasteiger partial charge in [-0.3, -0.25) is 9.59 Å². The van der Waals surface area contributed by atoms with Gasteiger partial charge in [-0.15, -0.1) is 0 Å². The first-order valence-electron chi connectivity index (χ1n) is 9.34. The highest BCUT2D eigenvalue weighted by Crippen LogP contribution is 2.36. The van der Waals surface area contributed by atoms with Gasteiger partial charge in [-0.2, -0.15) is 13.2 Å². The summed E-state index contributed by atoms with van der Waals surface area (Å²) in [4.78, 5) is 36.5. The van der Waals surface area contributed by atoms with Crippen LogP contribution in [0.15, 0.2) is 59.2 Å². The van der Waals surface area contributed by atoms with Crippen LogP contribution in [0.5, 0.6) is 0 Å². The van der Waals surface area contributed by atoms with Gasteiger partial charge in [0.25, 0.3) is 11.8 Å². The number of esters is 1. The molecule has 0 unspecified atom stereocenters. The molecule has 0 atom stereocenters. The smallest absolute Gasteiger partial charge is 0.418 e. The van der Waals surface area contributed by atoms with E-state index in [0.29, 0.717) is 17.3 Å². The average molecular weight is 481 g/mol. The molecule has 2 N–H and O–H groups in total. The maximum atomic E-state index is 13.1. The Morgan fingerprint density at radius 1 is 1.03 bits per heavy atom. The summed E-state index contributed by atoms with van der Waals surface area (Å²) in [7, 11) is 0. The number of furan rings is 1. The van der Waals surface area contributed by atoms with Crippen LogP contribution in [0.1, 0.15) is 32.0 Å². The molecule has 3 rings (SSSR count). The van der Waals surface area contributed by atoms with Crippen molar-refractivity contribution in [2.24, 2.45) is 0 Å². The number of benzene rings is 2. The van der Waals surface area contributed by atoms with Crippen LogP contribution in [0, 0.1) is 6.92 Å². The number of rotatable bonds is 6. The maximum absolute atomic E-state index is 13.1. The average Bonchev–Trinajstić information content (AvgIpc) is 3.29. The van der Waals surface area contributed by atoms with E-state index >= 15 is 0 Å². The van der Waals surface area contributed by atoms with Crippen LogP contribution in [-0.4, -0.2) is 24.4 Å². The molecule has 0 saturated carbocycles. The summed E-state index contributed by atoms with van der Waals surface area (Å²) in [6.45, 7) is 0.866. The molecular formula is C22H16ClF3N2O5. The highest BCUT2D eigenvalue weighted by molar-refractivity contribution is 6.30. The zero-order valence-electron chi connectivity index (χ0n) is 17.0. The predicted molar refractivity (Wildman–Crippen MR) is 113 cm³/mol. The Morgan fingerprint density at radius 2 is 1.79 bits per heavy atom. The molecule has 2 amide bonds.